The predicted molar refractivity (Wildman–Crippen MR) is 82.9 cm³/mol. The molecule has 1 aliphatic rings. The van der Waals surface area contributed by atoms with Crippen molar-refractivity contribution >= 4 is 23.7 Å². The van der Waals surface area contributed by atoms with Crippen molar-refractivity contribution in [2.45, 2.75) is 24.2 Å². The fourth-order valence-electron chi connectivity index (χ4n) is 2.71. The lowest BCUT2D eigenvalue weighted by molar-refractivity contribution is 0.257. The molecule has 0 aliphatic carbocycles. The molecule has 2 aromatic carbocycles. The van der Waals surface area contributed by atoms with Crippen LogP contribution in [0.15, 0.2) is 41.3 Å². The van der Waals surface area contributed by atoms with Gasteiger partial charge < -0.3 is 5.32 Å². The molecule has 22 heavy (non-hydrogen) atoms. The molecule has 6 heteroatoms. The van der Waals surface area contributed by atoms with Crippen molar-refractivity contribution in [1.82, 2.24) is 4.72 Å². The second-order valence-electron chi connectivity index (χ2n) is 4.97. The van der Waals surface area contributed by atoms with Crippen LogP contribution in [-0.4, -0.2) is 6.03 Å². The van der Waals surface area contributed by atoms with Gasteiger partial charge in [0, 0.05) is 11.5 Å². The van der Waals surface area contributed by atoms with Crippen LogP contribution in [0.5, 0.6) is 0 Å². The summed E-state index contributed by atoms with van der Waals surface area (Å²) in [5, 5.41) is 2.64. The topological polar surface area (TPSA) is 41.1 Å². The Morgan fingerprint density at radius 1 is 1.14 bits per heavy atom. The number of carbonyl (C=O) groups excluding carboxylic acids is 1. The molecule has 1 heterocycles. The number of nitrogens with one attached hydrogen (secondary N) is 2. The first-order chi connectivity index (χ1) is 10.6. The van der Waals surface area contributed by atoms with Crippen molar-refractivity contribution in [2.75, 3.05) is 5.32 Å². The molecule has 114 valence electrons. The monoisotopic (exact) mass is 320 g/mol. The summed E-state index contributed by atoms with van der Waals surface area (Å²) in [6.07, 6.45) is 0.516. The number of rotatable bonds is 3. The van der Waals surface area contributed by atoms with E-state index in [0.717, 1.165) is 11.9 Å². The van der Waals surface area contributed by atoms with Crippen molar-refractivity contribution in [3.63, 3.8) is 0 Å². The van der Waals surface area contributed by atoms with Crippen LogP contribution in [0, 0.1) is 11.6 Å². The summed E-state index contributed by atoms with van der Waals surface area (Å²) in [5.41, 5.74) is 1.17. The Hall–Kier alpha value is -2.08. The molecule has 0 aromatic heterocycles. The molecule has 0 spiro atoms. The van der Waals surface area contributed by atoms with Crippen LogP contribution in [0.25, 0.3) is 0 Å². The van der Waals surface area contributed by atoms with E-state index >= 15 is 0 Å². The first kappa shape index (κ1) is 14.8. The molecule has 2 aromatic rings. The van der Waals surface area contributed by atoms with Crippen molar-refractivity contribution in [1.29, 1.82) is 0 Å². The number of carbonyl (C=O) groups is 1. The summed E-state index contributed by atoms with van der Waals surface area (Å²) in [6, 6.07) is 8.88. The third-order valence-corrected chi connectivity index (χ3v) is 4.53. The van der Waals surface area contributed by atoms with Crippen LogP contribution in [0.2, 0.25) is 0 Å². The standard InChI is InChI=1S/C16H14F2N2OS/c1-2-9(10-5-3-4-6-11(10)17)14-12(18)7-8-13-15(14)19-16(21)20-22-13/h3-9H,2H2,1H3,(H2,19,20,21). The quantitative estimate of drug-likeness (QED) is 0.808. The highest BCUT2D eigenvalue weighted by atomic mass is 32.2. The van der Waals surface area contributed by atoms with E-state index in [0.29, 0.717) is 28.1 Å². The fraction of sp³-hybridized carbons (Fsp3) is 0.188. The van der Waals surface area contributed by atoms with Crippen molar-refractivity contribution in [2.24, 2.45) is 0 Å². The molecule has 0 radical (unpaired) electrons. The van der Waals surface area contributed by atoms with Crippen molar-refractivity contribution in [3.05, 3.63) is 59.2 Å². The Bertz CT molecular complexity index is 736. The van der Waals surface area contributed by atoms with E-state index in [4.69, 9.17) is 0 Å². The van der Waals surface area contributed by atoms with Gasteiger partial charge in [0.1, 0.15) is 11.6 Å². The first-order valence-electron chi connectivity index (χ1n) is 6.92. The third kappa shape index (κ3) is 2.54. The maximum atomic E-state index is 14.5. The lowest BCUT2D eigenvalue weighted by atomic mass is 9.87. The molecule has 0 bridgehead atoms. The summed E-state index contributed by atoms with van der Waals surface area (Å²) >= 11 is 1.12. The molecular weight excluding hydrogens is 306 g/mol. The van der Waals surface area contributed by atoms with E-state index in [1.807, 2.05) is 6.92 Å². The van der Waals surface area contributed by atoms with Crippen LogP contribution < -0.4 is 10.0 Å². The van der Waals surface area contributed by atoms with Crippen LogP contribution in [0.3, 0.4) is 0 Å². The van der Waals surface area contributed by atoms with E-state index < -0.39 is 17.8 Å². The molecular formula is C16H14F2N2OS. The van der Waals surface area contributed by atoms with E-state index in [1.54, 1.807) is 24.3 Å². The van der Waals surface area contributed by atoms with Gasteiger partial charge in [0.05, 0.1) is 10.6 Å². The molecule has 1 atom stereocenters. The highest BCUT2D eigenvalue weighted by Gasteiger charge is 2.27. The maximum absolute atomic E-state index is 14.5. The molecule has 0 saturated heterocycles. The van der Waals surface area contributed by atoms with Gasteiger partial charge >= 0.3 is 6.03 Å². The summed E-state index contributed by atoms with van der Waals surface area (Å²) in [5.74, 6) is -1.29. The maximum Gasteiger partial charge on any atom is 0.329 e. The number of hydrogen-bond acceptors (Lipinski definition) is 2. The van der Waals surface area contributed by atoms with Crippen LogP contribution in [0.1, 0.15) is 30.4 Å². The van der Waals surface area contributed by atoms with Crippen molar-refractivity contribution < 1.29 is 13.6 Å². The number of benzene rings is 2. The van der Waals surface area contributed by atoms with E-state index in [1.165, 1.54) is 12.1 Å². The molecule has 1 aliphatic heterocycles. The van der Waals surface area contributed by atoms with Crippen molar-refractivity contribution in [3.8, 4) is 0 Å². The zero-order chi connectivity index (χ0) is 15.7. The van der Waals surface area contributed by atoms with Gasteiger partial charge in [-0.05, 0) is 42.1 Å². The summed E-state index contributed by atoms with van der Waals surface area (Å²) in [7, 11) is 0. The number of anilines is 1. The van der Waals surface area contributed by atoms with Gasteiger partial charge in [-0.25, -0.2) is 13.6 Å². The second kappa shape index (κ2) is 5.96. The zero-order valence-electron chi connectivity index (χ0n) is 11.8. The molecule has 3 rings (SSSR count). The lowest BCUT2D eigenvalue weighted by Gasteiger charge is -2.25. The third-order valence-electron chi connectivity index (χ3n) is 3.68. The molecule has 2 N–H and O–H groups in total. The number of fused-ring (bicyclic) bond motifs is 1. The van der Waals surface area contributed by atoms with Gasteiger partial charge in [0.15, 0.2) is 0 Å². The van der Waals surface area contributed by atoms with E-state index in [9.17, 15) is 13.6 Å². The molecule has 0 saturated carbocycles. The van der Waals surface area contributed by atoms with Gasteiger partial charge in [0.25, 0.3) is 0 Å². The Morgan fingerprint density at radius 3 is 2.64 bits per heavy atom. The fourth-order valence-corrected chi connectivity index (χ4v) is 3.36. The molecule has 0 fully saturated rings. The molecule has 1 unspecified atom stereocenters. The Morgan fingerprint density at radius 2 is 1.91 bits per heavy atom. The Kier molecular flexibility index (Phi) is 4.02. The van der Waals surface area contributed by atoms with Crippen LogP contribution in [-0.2, 0) is 0 Å². The molecule has 3 nitrogen and oxygen atoms in total. The number of amides is 2. The Balaban J connectivity index is 2.17. The summed E-state index contributed by atoms with van der Waals surface area (Å²) < 4.78 is 31.1. The highest BCUT2D eigenvalue weighted by Crippen LogP contribution is 2.41. The minimum absolute atomic E-state index is 0.326. The average molecular weight is 320 g/mol. The normalized spacial score (nSPS) is 14.8. The summed E-state index contributed by atoms with van der Waals surface area (Å²) in [6.45, 7) is 1.87. The largest absolute Gasteiger partial charge is 0.329 e. The predicted octanol–water partition coefficient (Wildman–Crippen LogP) is 4.65. The zero-order valence-corrected chi connectivity index (χ0v) is 12.6. The summed E-state index contributed by atoms with van der Waals surface area (Å²) in [4.78, 5) is 12.3. The van der Waals surface area contributed by atoms with E-state index in [-0.39, 0.29) is 5.82 Å². The van der Waals surface area contributed by atoms with Gasteiger partial charge in [-0.2, -0.15) is 0 Å². The van der Waals surface area contributed by atoms with Gasteiger partial charge in [-0.15, -0.1) is 0 Å². The lowest BCUT2D eigenvalue weighted by Crippen LogP contribution is -2.28. The average Bonchev–Trinajstić information content (AvgIpc) is 2.51. The Labute approximate surface area is 131 Å². The smallest absolute Gasteiger partial charge is 0.306 e. The van der Waals surface area contributed by atoms with Gasteiger partial charge in [-0.1, -0.05) is 25.1 Å². The van der Waals surface area contributed by atoms with E-state index in [2.05, 4.69) is 10.0 Å². The number of hydrogen-bond donors (Lipinski definition) is 2. The van der Waals surface area contributed by atoms with Gasteiger partial charge in [0.2, 0.25) is 0 Å². The minimum Gasteiger partial charge on any atom is -0.306 e. The number of urea groups is 1. The molecule has 2 amide bonds. The first-order valence-corrected chi connectivity index (χ1v) is 7.74. The van der Waals surface area contributed by atoms with Crippen LogP contribution >= 0.6 is 11.9 Å². The SMILES string of the molecule is CCC(c1ccccc1F)c1c(F)ccc2c1NC(=O)NS2. The minimum atomic E-state index is -0.463. The number of halogens is 2. The van der Waals surface area contributed by atoms with Gasteiger partial charge in [-0.3, -0.25) is 4.72 Å². The highest BCUT2D eigenvalue weighted by molar-refractivity contribution is 7.98. The second-order valence-corrected chi connectivity index (χ2v) is 5.82. The van der Waals surface area contributed by atoms with Crippen LogP contribution in [0.4, 0.5) is 19.3 Å².